The first-order valence-electron chi connectivity index (χ1n) is 5.49. The molecule has 84 valence electrons. The van der Waals surface area contributed by atoms with Crippen molar-refractivity contribution in [3.63, 3.8) is 0 Å². The Morgan fingerprint density at radius 1 is 1.06 bits per heavy atom. The molecule has 0 atom stereocenters. The maximum absolute atomic E-state index is 4.48. The molecule has 0 fully saturated rings. The predicted octanol–water partition coefficient (Wildman–Crippen LogP) is 4.01. The lowest BCUT2D eigenvalue weighted by molar-refractivity contribution is 1.32. The van der Waals surface area contributed by atoms with E-state index in [0.717, 1.165) is 5.82 Å². The number of pyridine rings is 1. The summed E-state index contributed by atoms with van der Waals surface area (Å²) in [7, 11) is 1.90. The summed E-state index contributed by atoms with van der Waals surface area (Å²) in [5.41, 5.74) is 1.20. The van der Waals surface area contributed by atoms with Crippen LogP contribution in [0, 0.1) is 0 Å². The normalized spacial score (nSPS) is 10.6. The lowest BCUT2D eigenvalue weighted by atomic mass is 10.1. The van der Waals surface area contributed by atoms with Crippen molar-refractivity contribution in [1.82, 2.24) is 4.98 Å². The molecule has 0 bridgehead atoms. The second-order valence-corrected chi connectivity index (χ2v) is 4.74. The molecule has 0 radical (unpaired) electrons. The molecule has 0 saturated heterocycles. The molecule has 0 aliphatic carbocycles. The summed E-state index contributed by atoms with van der Waals surface area (Å²) in [6, 6.07) is 12.6. The Labute approximate surface area is 104 Å². The zero-order valence-electron chi connectivity index (χ0n) is 9.47. The monoisotopic (exact) mass is 240 g/mol. The highest BCUT2D eigenvalue weighted by Crippen LogP contribution is 2.33. The van der Waals surface area contributed by atoms with Gasteiger partial charge in [0.25, 0.3) is 0 Å². The smallest absolute Gasteiger partial charge is 0.133 e. The fourth-order valence-electron chi connectivity index (χ4n) is 2.02. The zero-order chi connectivity index (χ0) is 11.7. The van der Waals surface area contributed by atoms with Crippen LogP contribution < -0.4 is 5.32 Å². The predicted molar refractivity (Wildman–Crippen MR) is 74.6 cm³/mol. The van der Waals surface area contributed by atoms with Crippen LogP contribution in [0.15, 0.2) is 48.0 Å². The van der Waals surface area contributed by atoms with Crippen LogP contribution in [0.3, 0.4) is 0 Å². The molecule has 0 aliphatic heterocycles. The van der Waals surface area contributed by atoms with E-state index in [9.17, 15) is 0 Å². The lowest BCUT2D eigenvalue weighted by Gasteiger charge is -2.08. The SMILES string of the molecule is CNc1ncc(-c2cccs2)c2ccccc12. The molecule has 3 aromatic rings. The summed E-state index contributed by atoms with van der Waals surface area (Å²) >= 11 is 1.74. The van der Waals surface area contributed by atoms with E-state index in [4.69, 9.17) is 0 Å². The zero-order valence-corrected chi connectivity index (χ0v) is 10.3. The highest BCUT2D eigenvalue weighted by atomic mass is 32.1. The van der Waals surface area contributed by atoms with Crippen molar-refractivity contribution in [3.05, 3.63) is 48.0 Å². The van der Waals surface area contributed by atoms with Gasteiger partial charge in [0, 0.05) is 29.1 Å². The second kappa shape index (κ2) is 4.18. The molecule has 3 rings (SSSR count). The van der Waals surface area contributed by atoms with Crippen LogP contribution in [-0.4, -0.2) is 12.0 Å². The minimum atomic E-state index is 0.931. The number of nitrogens with zero attached hydrogens (tertiary/aromatic N) is 1. The number of hydrogen-bond donors (Lipinski definition) is 1. The number of fused-ring (bicyclic) bond motifs is 1. The molecule has 0 unspecified atom stereocenters. The van der Waals surface area contributed by atoms with Gasteiger partial charge in [0.15, 0.2) is 0 Å². The van der Waals surface area contributed by atoms with E-state index in [1.54, 1.807) is 11.3 Å². The third-order valence-electron chi connectivity index (χ3n) is 2.82. The van der Waals surface area contributed by atoms with Gasteiger partial charge in [-0.3, -0.25) is 0 Å². The highest BCUT2D eigenvalue weighted by molar-refractivity contribution is 7.13. The van der Waals surface area contributed by atoms with Crippen LogP contribution in [0.4, 0.5) is 5.82 Å². The molecule has 2 nitrogen and oxygen atoms in total. The Morgan fingerprint density at radius 3 is 2.59 bits per heavy atom. The van der Waals surface area contributed by atoms with Crippen molar-refractivity contribution in [2.75, 3.05) is 12.4 Å². The van der Waals surface area contributed by atoms with Gasteiger partial charge >= 0.3 is 0 Å². The second-order valence-electron chi connectivity index (χ2n) is 3.79. The number of benzene rings is 1. The van der Waals surface area contributed by atoms with E-state index >= 15 is 0 Å². The molecule has 2 heterocycles. The molecular formula is C14H12N2S. The topological polar surface area (TPSA) is 24.9 Å². The molecule has 0 amide bonds. The minimum Gasteiger partial charge on any atom is -0.373 e. The quantitative estimate of drug-likeness (QED) is 0.732. The molecule has 0 saturated carbocycles. The molecule has 17 heavy (non-hydrogen) atoms. The van der Waals surface area contributed by atoms with E-state index in [-0.39, 0.29) is 0 Å². The summed E-state index contributed by atoms with van der Waals surface area (Å²) in [6.45, 7) is 0. The Morgan fingerprint density at radius 2 is 1.88 bits per heavy atom. The van der Waals surface area contributed by atoms with Gasteiger partial charge < -0.3 is 5.32 Å². The average Bonchev–Trinajstić information content (AvgIpc) is 2.91. The fourth-order valence-corrected chi connectivity index (χ4v) is 2.77. The molecule has 1 N–H and O–H groups in total. The minimum absolute atomic E-state index is 0.931. The first kappa shape index (κ1) is 10.3. The number of hydrogen-bond acceptors (Lipinski definition) is 3. The van der Waals surface area contributed by atoms with Crippen molar-refractivity contribution in [2.24, 2.45) is 0 Å². The summed E-state index contributed by atoms with van der Waals surface area (Å²) in [5, 5.41) is 7.64. The van der Waals surface area contributed by atoms with E-state index in [1.165, 1.54) is 21.2 Å². The number of nitrogens with one attached hydrogen (secondary N) is 1. The first-order valence-corrected chi connectivity index (χ1v) is 6.37. The van der Waals surface area contributed by atoms with E-state index in [1.807, 2.05) is 19.3 Å². The van der Waals surface area contributed by atoms with Gasteiger partial charge in [-0.25, -0.2) is 4.98 Å². The number of thiophene rings is 1. The summed E-state index contributed by atoms with van der Waals surface area (Å²) in [5.74, 6) is 0.931. The molecule has 1 aromatic carbocycles. The van der Waals surface area contributed by atoms with Crippen molar-refractivity contribution < 1.29 is 0 Å². The number of anilines is 1. The summed E-state index contributed by atoms with van der Waals surface area (Å²) in [4.78, 5) is 5.74. The van der Waals surface area contributed by atoms with Crippen LogP contribution in [0.1, 0.15) is 0 Å². The van der Waals surface area contributed by atoms with Crippen molar-refractivity contribution in [1.29, 1.82) is 0 Å². The summed E-state index contributed by atoms with van der Waals surface area (Å²) in [6.07, 6.45) is 1.94. The Kier molecular flexibility index (Phi) is 2.53. The van der Waals surface area contributed by atoms with Crippen molar-refractivity contribution in [3.8, 4) is 10.4 Å². The number of aromatic nitrogens is 1. The van der Waals surface area contributed by atoms with Gasteiger partial charge in [0.2, 0.25) is 0 Å². The standard InChI is InChI=1S/C14H12N2S/c1-15-14-11-6-3-2-5-10(11)12(9-16-14)13-7-4-8-17-13/h2-9H,1H3,(H,15,16). The van der Waals surface area contributed by atoms with Gasteiger partial charge in [-0.1, -0.05) is 30.3 Å². The van der Waals surface area contributed by atoms with Crippen molar-refractivity contribution >= 4 is 27.9 Å². The highest BCUT2D eigenvalue weighted by Gasteiger charge is 2.08. The Balaban J connectivity index is 2.34. The largest absolute Gasteiger partial charge is 0.373 e. The summed E-state index contributed by atoms with van der Waals surface area (Å²) < 4.78 is 0. The van der Waals surface area contributed by atoms with Gasteiger partial charge in [0.1, 0.15) is 5.82 Å². The Bertz CT molecular complexity index is 644. The first-order chi connectivity index (χ1) is 8.40. The molecule has 3 heteroatoms. The van der Waals surface area contributed by atoms with Crippen molar-refractivity contribution in [2.45, 2.75) is 0 Å². The van der Waals surface area contributed by atoms with Gasteiger partial charge in [-0.05, 0) is 16.8 Å². The third-order valence-corrected chi connectivity index (χ3v) is 3.72. The number of rotatable bonds is 2. The maximum Gasteiger partial charge on any atom is 0.133 e. The maximum atomic E-state index is 4.48. The molecule has 0 spiro atoms. The van der Waals surface area contributed by atoms with E-state index in [0.29, 0.717) is 0 Å². The Hall–Kier alpha value is -1.87. The van der Waals surface area contributed by atoms with Crippen LogP contribution in [0.2, 0.25) is 0 Å². The van der Waals surface area contributed by atoms with Crippen LogP contribution in [0.5, 0.6) is 0 Å². The van der Waals surface area contributed by atoms with Crippen LogP contribution >= 0.6 is 11.3 Å². The van der Waals surface area contributed by atoms with Gasteiger partial charge in [-0.15, -0.1) is 11.3 Å². The third kappa shape index (κ3) is 1.68. The lowest BCUT2D eigenvalue weighted by Crippen LogP contribution is -1.94. The molecular weight excluding hydrogens is 228 g/mol. The average molecular weight is 240 g/mol. The van der Waals surface area contributed by atoms with Gasteiger partial charge in [0.05, 0.1) is 0 Å². The molecule has 2 aromatic heterocycles. The van der Waals surface area contributed by atoms with Gasteiger partial charge in [-0.2, -0.15) is 0 Å². The van der Waals surface area contributed by atoms with E-state index < -0.39 is 0 Å². The molecule has 0 aliphatic rings. The van der Waals surface area contributed by atoms with Crippen LogP contribution in [0.25, 0.3) is 21.2 Å². The fraction of sp³-hybridized carbons (Fsp3) is 0.0714. The van der Waals surface area contributed by atoms with Crippen LogP contribution in [-0.2, 0) is 0 Å². The van der Waals surface area contributed by atoms with E-state index in [2.05, 4.69) is 46.0 Å².